The number of phenolic OH excluding ortho intramolecular Hbond substituents is 1. The number of carbonyl (C=O) groups is 1. The second-order valence-electron chi connectivity index (χ2n) is 5.17. The Morgan fingerprint density at radius 2 is 1.83 bits per heavy atom. The smallest absolute Gasteiger partial charge is 0.354 e. The number of rotatable bonds is 4. The highest BCUT2D eigenvalue weighted by Gasteiger charge is 2.18. The Hall–Kier alpha value is -3.08. The van der Waals surface area contributed by atoms with Gasteiger partial charge in [0.2, 0.25) is 0 Å². The molecule has 3 aromatic rings. The number of aryl methyl sites for hydroxylation is 1. The van der Waals surface area contributed by atoms with Crippen LogP contribution in [0.15, 0.2) is 54.6 Å². The first-order valence-corrected chi connectivity index (χ1v) is 7.31. The molecule has 0 spiro atoms. The topological polar surface area (TPSA) is 75.3 Å². The van der Waals surface area contributed by atoms with Gasteiger partial charge in [0.15, 0.2) is 5.69 Å². The van der Waals surface area contributed by atoms with Crippen LogP contribution in [0.2, 0.25) is 0 Å². The average Bonchev–Trinajstić information content (AvgIpc) is 3.01. The van der Waals surface area contributed by atoms with E-state index in [-0.39, 0.29) is 11.4 Å². The summed E-state index contributed by atoms with van der Waals surface area (Å²) in [5.41, 5.74) is 2.92. The molecule has 2 aromatic carbocycles. The quantitative estimate of drug-likeness (QED) is 0.773. The molecule has 0 bridgehead atoms. The summed E-state index contributed by atoms with van der Waals surface area (Å²) < 4.78 is 1.25. The van der Waals surface area contributed by atoms with Gasteiger partial charge in [0.25, 0.3) is 0 Å². The van der Waals surface area contributed by atoms with Gasteiger partial charge in [-0.2, -0.15) is 5.10 Å². The van der Waals surface area contributed by atoms with Crippen molar-refractivity contribution in [1.29, 1.82) is 0 Å². The molecule has 1 aromatic heterocycles. The highest BCUT2D eigenvalue weighted by molar-refractivity contribution is 5.88. The molecule has 0 saturated carbocycles. The summed E-state index contributed by atoms with van der Waals surface area (Å²) >= 11 is 0. The van der Waals surface area contributed by atoms with E-state index in [1.165, 1.54) is 22.4 Å². The van der Waals surface area contributed by atoms with E-state index in [2.05, 4.69) is 12.0 Å². The van der Waals surface area contributed by atoms with Crippen molar-refractivity contribution in [2.45, 2.75) is 13.3 Å². The van der Waals surface area contributed by atoms with E-state index in [1.807, 2.05) is 24.3 Å². The fourth-order valence-corrected chi connectivity index (χ4v) is 2.41. The number of nitrogens with zero attached hydrogens (tertiary/aromatic N) is 2. The molecule has 3 rings (SSSR count). The molecule has 1 heterocycles. The molecule has 23 heavy (non-hydrogen) atoms. The largest absolute Gasteiger partial charge is 0.506 e. The average molecular weight is 308 g/mol. The van der Waals surface area contributed by atoms with Crippen LogP contribution in [0.25, 0.3) is 16.9 Å². The number of hydrogen-bond donors (Lipinski definition) is 2. The number of phenols is 1. The van der Waals surface area contributed by atoms with Gasteiger partial charge in [-0.05, 0) is 30.2 Å². The number of aromatic carboxylic acids is 1. The Morgan fingerprint density at radius 3 is 2.43 bits per heavy atom. The molecule has 116 valence electrons. The molecule has 0 radical (unpaired) electrons. The van der Waals surface area contributed by atoms with Gasteiger partial charge >= 0.3 is 5.97 Å². The SMILES string of the molecule is CCc1ccc(-c2cc(C(=O)O)n(-c3ccccc3O)n2)cc1. The van der Waals surface area contributed by atoms with Crippen LogP contribution in [0.5, 0.6) is 5.75 Å². The summed E-state index contributed by atoms with van der Waals surface area (Å²) in [6.45, 7) is 2.07. The maximum Gasteiger partial charge on any atom is 0.354 e. The minimum absolute atomic E-state index is 0.000989. The molecular weight excluding hydrogens is 292 g/mol. The molecule has 0 saturated heterocycles. The van der Waals surface area contributed by atoms with E-state index in [0.29, 0.717) is 11.4 Å². The van der Waals surface area contributed by atoms with Crippen molar-refractivity contribution in [3.8, 4) is 22.7 Å². The summed E-state index contributed by atoms with van der Waals surface area (Å²) in [6, 6.07) is 15.9. The Morgan fingerprint density at radius 1 is 1.13 bits per heavy atom. The van der Waals surface area contributed by atoms with Gasteiger partial charge in [-0.15, -0.1) is 0 Å². The van der Waals surface area contributed by atoms with Gasteiger partial charge in [-0.25, -0.2) is 9.48 Å². The summed E-state index contributed by atoms with van der Waals surface area (Å²) in [4.78, 5) is 11.5. The maximum atomic E-state index is 11.5. The van der Waals surface area contributed by atoms with Gasteiger partial charge in [-0.1, -0.05) is 43.3 Å². The molecule has 2 N–H and O–H groups in total. The van der Waals surface area contributed by atoms with Crippen LogP contribution in [0.1, 0.15) is 23.0 Å². The van der Waals surface area contributed by atoms with Gasteiger partial charge < -0.3 is 10.2 Å². The molecule has 0 atom stereocenters. The van der Waals surface area contributed by atoms with Crippen LogP contribution in [-0.2, 0) is 6.42 Å². The monoisotopic (exact) mass is 308 g/mol. The van der Waals surface area contributed by atoms with E-state index in [9.17, 15) is 15.0 Å². The van der Waals surface area contributed by atoms with Crippen LogP contribution in [0.3, 0.4) is 0 Å². The van der Waals surface area contributed by atoms with E-state index in [4.69, 9.17) is 0 Å². The Kier molecular flexibility index (Phi) is 3.85. The Balaban J connectivity index is 2.12. The third-order valence-electron chi connectivity index (χ3n) is 3.70. The van der Waals surface area contributed by atoms with Crippen LogP contribution < -0.4 is 0 Å². The van der Waals surface area contributed by atoms with Gasteiger partial charge in [0, 0.05) is 5.56 Å². The molecule has 0 unspecified atom stereocenters. The fraction of sp³-hybridized carbons (Fsp3) is 0.111. The van der Waals surface area contributed by atoms with E-state index >= 15 is 0 Å². The highest BCUT2D eigenvalue weighted by Crippen LogP contribution is 2.26. The molecule has 5 nitrogen and oxygen atoms in total. The normalized spacial score (nSPS) is 10.7. The van der Waals surface area contributed by atoms with Gasteiger partial charge in [-0.3, -0.25) is 0 Å². The zero-order chi connectivity index (χ0) is 16.4. The number of carboxylic acids is 1. The third-order valence-corrected chi connectivity index (χ3v) is 3.70. The van der Waals surface area contributed by atoms with E-state index < -0.39 is 5.97 Å². The van der Waals surface area contributed by atoms with Crippen molar-refractivity contribution in [3.05, 3.63) is 65.9 Å². The first kappa shape index (κ1) is 14.8. The molecule has 0 fully saturated rings. The predicted molar refractivity (Wildman–Crippen MR) is 87.0 cm³/mol. The van der Waals surface area contributed by atoms with Crippen molar-refractivity contribution in [3.63, 3.8) is 0 Å². The standard InChI is InChI=1S/C18H16N2O3/c1-2-12-7-9-13(10-8-12)14-11-16(18(22)23)20(19-14)15-5-3-4-6-17(15)21/h3-11,21H,2H2,1H3,(H,22,23). The minimum atomic E-state index is -1.10. The van der Waals surface area contributed by atoms with Gasteiger partial charge in [0.05, 0.1) is 5.69 Å². The summed E-state index contributed by atoms with van der Waals surface area (Å²) in [6.07, 6.45) is 0.937. The summed E-state index contributed by atoms with van der Waals surface area (Å²) in [5.74, 6) is -1.12. The summed E-state index contributed by atoms with van der Waals surface area (Å²) in [5, 5.41) is 23.7. The number of hydrogen-bond acceptors (Lipinski definition) is 3. The lowest BCUT2D eigenvalue weighted by molar-refractivity contribution is 0.0687. The lowest BCUT2D eigenvalue weighted by Crippen LogP contribution is -2.07. The second-order valence-corrected chi connectivity index (χ2v) is 5.17. The molecule has 5 heteroatoms. The van der Waals surface area contributed by atoms with Crippen molar-refractivity contribution in [2.75, 3.05) is 0 Å². The van der Waals surface area contributed by atoms with Crippen molar-refractivity contribution in [2.24, 2.45) is 0 Å². The molecular formula is C18H16N2O3. The Bertz CT molecular complexity index is 851. The van der Waals surface area contributed by atoms with Crippen LogP contribution in [0.4, 0.5) is 0 Å². The first-order valence-electron chi connectivity index (χ1n) is 7.31. The second kappa shape index (κ2) is 5.96. The molecule has 0 aliphatic heterocycles. The number of aromatic nitrogens is 2. The van der Waals surface area contributed by atoms with Crippen LogP contribution >= 0.6 is 0 Å². The van der Waals surface area contributed by atoms with Crippen molar-refractivity contribution >= 4 is 5.97 Å². The molecule has 0 aliphatic rings. The van der Waals surface area contributed by atoms with Gasteiger partial charge in [0.1, 0.15) is 11.4 Å². The Labute approximate surface area is 133 Å². The first-order chi connectivity index (χ1) is 11.1. The van der Waals surface area contributed by atoms with Crippen molar-refractivity contribution in [1.82, 2.24) is 9.78 Å². The lowest BCUT2D eigenvalue weighted by Gasteiger charge is -2.06. The zero-order valence-corrected chi connectivity index (χ0v) is 12.6. The molecule has 0 aliphatic carbocycles. The molecule has 0 amide bonds. The van der Waals surface area contributed by atoms with E-state index in [0.717, 1.165) is 12.0 Å². The number of para-hydroxylation sites is 2. The summed E-state index contributed by atoms with van der Waals surface area (Å²) in [7, 11) is 0. The maximum absolute atomic E-state index is 11.5. The minimum Gasteiger partial charge on any atom is -0.506 e. The van der Waals surface area contributed by atoms with E-state index in [1.54, 1.807) is 18.2 Å². The number of benzene rings is 2. The lowest BCUT2D eigenvalue weighted by atomic mass is 10.1. The van der Waals surface area contributed by atoms with Crippen LogP contribution in [0, 0.1) is 0 Å². The zero-order valence-electron chi connectivity index (χ0n) is 12.6. The third kappa shape index (κ3) is 2.81. The van der Waals surface area contributed by atoms with Crippen molar-refractivity contribution < 1.29 is 15.0 Å². The number of carboxylic acid groups (broad SMARTS) is 1. The predicted octanol–water partition coefficient (Wildman–Crippen LogP) is 3.51. The fourth-order valence-electron chi connectivity index (χ4n) is 2.41. The number of aromatic hydroxyl groups is 1. The highest BCUT2D eigenvalue weighted by atomic mass is 16.4. The van der Waals surface area contributed by atoms with Crippen LogP contribution in [-0.4, -0.2) is 26.0 Å².